The molecule has 27 heavy (non-hydrogen) atoms. The predicted octanol–water partition coefficient (Wildman–Crippen LogP) is 3.03. The van der Waals surface area contributed by atoms with Crippen LogP contribution in [0.5, 0.6) is 0 Å². The molecule has 2 aliphatic heterocycles. The predicted molar refractivity (Wildman–Crippen MR) is 106 cm³/mol. The molecular formula is C19H23Cl2N5O. The molecule has 0 radical (unpaired) electrons. The number of likely N-dealkylation sites (tertiary alicyclic amines) is 1. The molecular weight excluding hydrogens is 385 g/mol. The Bertz CT molecular complexity index is 763. The Hall–Kier alpha value is -1.47. The lowest BCUT2D eigenvalue weighted by Gasteiger charge is -2.49. The summed E-state index contributed by atoms with van der Waals surface area (Å²) in [5.41, 5.74) is 1.05. The van der Waals surface area contributed by atoms with E-state index in [9.17, 15) is 5.11 Å². The van der Waals surface area contributed by atoms with Crippen LogP contribution in [0.15, 0.2) is 31.0 Å². The summed E-state index contributed by atoms with van der Waals surface area (Å²) in [5.74, 6) is 0.841. The van der Waals surface area contributed by atoms with E-state index >= 15 is 0 Å². The second kappa shape index (κ2) is 7.87. The standard InChI is InChI=1S/C19H23Cl2N5O/c20-16-8-23-9-17(21)15(16)12-25-5-1-19(2-6-25)7-14(27)11-26(13-19)18-10-22-3-4-24-18/h3-4,8-10,14,27H,1-2,5-7,11-13H2. The molecule has 8 heteroatoms. The summed E-state index contributed by atoms with van der Waals surface area (Å²) in [7, 11) is 0. The number of anilines is 1. The molecule has 4 heterocycles. The number of hydrogen-bond donors (Lipinski definition) is 1. The van der Waals surface area contributed by atoms with Gasteiger partial charge in [-0.25, -0.2) is 4.98 Å². The van der Waals surface area contributed by atoms with E-state index in [0.717, 1.165) is 56.8 Å². The average Bonchev–Trinajstić information content (AvgIpc) is 2.67. The van der Waals surface area contributed by atoms with Crippen molar-refractivity contribution in [2.75, 3.05) is 31.1 Å². The first kappa shape index (κ1) is 18.9. The van der Waals surface area contributed by atoms with Gasteiger partial charge < -0.3 is 10.0 Å². The molecule has 0 saturated carbocycles. The van der Waals surface area contributed by atoms with Gasteiger partial charge in [0.2, 0.25) is 0 Å². The lowest BCUT2D eigenvalue weighted by molar-refractivity contribution is 0.0244. The molecule has 144 valence electrons. The first-order valence-corrected chi connectivity index (χ1v) is 10.00. The molecule has 2 fully saturated rings. The number of pyridine rings is 1. The second-order valence-corrected chi connectivity index (χ2v) is 8.47. The van der Waals surface area contributed by atoms with Gasteiger partial charge in [0.05, 0.1) is 22.3 Å². The van der Waals surface area contributed by atoms with Gasteiger partial charge in [-0.05, 0) is 37.8 Å². The molecule has 0 aromatic carbocycles. The molecule has 2 aromatic heterocycles. The molecule has 4 rings (SSSR count). The Kier molecular flexibility index (Phi) is 5.50. The zero-order valence-corrected chi connectivity index (χ0v) is 16.6. The fourth-order valence-electron chi connectivity index (χ4n) is 4.34. The third-order valence-corrected chi connectivity index (χ3v) is 6.40. The summed E-state index contributed by atoms with van der Waals surface area (Å²) < 4.78 is 0. The van der Waals surface area contributed by atoms with E-state index in [1.165, 1.54) is 0 Å². The van der Waals surface area contributed by atoms with Gasteiger partial charge in [-0.2, -0.15) is 0 Å². The van der Waals surface area contributed by atoms with E-state index in [2.05, 4.69) is 24.8 Å². The van der Waals surface area contributed by atoms with Crippen LogP contribution in [0.1, 0.15) is 24.8 Å². The molecule has 0 bridgehead atoms. The van der Waals surface area contributed by atoms with Crippen molar-refractivity contribution in [3.05, 3.63) is 46.6 Å². The Morgan fingerprint density at radius 2 is 1.81 bits per heavy atom. The molecule has 1 N–H and O–H groups in total. The Balaban J connectivity index is 1.43. The molecule has 1 atom stereocenters. The molecule has 0 aliphatic carbocycles. The van der Waals surface area contributed by atoms with Gasteiger partial charge in [0.1, 0.15) is 5.82 Å². The fraction of sp³-hybridized carbons (Fsp3) is 0.526. The van der Waals surface area contributed by atoms with E-state index in [4.69, 9.17) is 23.2 Å². The Labute approximate surface area is 169 Å². The summed E-state index contributed by atoms with van der Waals surface area (Å²) in [5, 5.41) is 11.7. The van der Waals surface area contributed by atoms with E-state index in [1.807, 2.05) is 0 Å². The monoisotopic (exact) mass is 407 g/mol. The van der Waals surface area contributed by atoms with Crippen LogP contribution < -0.4 is 4.90 Å². The number of β-amino-alcohol motifs (C(OH)–C–C–N with tert-alkyl or cyclic N) is 1. The highest BCUT2D eigenvalue weighted by Crippen LogP contribution is 2.41. The van der Waals surface area contributed by atoms with Crippen molar-refractivity contribution in [2.24, 2.45) is 5.41 Å². The molecule has 2 saturated heterocycles. The molecule has 1 unspecified atom stereocenters. The summed E-state index contributed by atoms with van der Waals surface area (Å²) >= 11 is 12.5. The number of aromatic nitrogens is 3. The van der Waals surface area contributed by atoms with Gasteiger partial charge in [0.15, 0.2) is 0 Å². The first-order chi connectivity index (χ1) is 13.0. The summed E-state index contributed by atoms with van der Waals surface area (Å²) in [4.78, 5) is 17.2. The Morgan fingerprint density at radius 3 is 2.48 bits per heavy atom. The Morgan fingerprint density at radius 1 is 1.07 bits per heavy atom. The topological polar surface area (TPSA) is 65.4 Å². The van der Waals surface area contributed by atoms with Gasteiger partial charge in [0.25, 0.3) is 0 Å². The SMILES string of the molecule is OC1CN(c2cnccn2)CC2(CCN(Cc3c(Cl)cncc3Cl)CC2)C1. The van der Waals surface area contributed by atoms with Crippen LogP contribution in [-0.2, 0) is 6.54 Å². The van der Waals surface area contributed by atoms with Gasteiger partial charge >= 0.3 is 0 Å². The highest BCUT2D eigenvalue weighted by atomic mass is 35.5. The van der Waals surface area contributed by atoms with Gasteiger partial charge in [-0.1, -0.05) is 23.2 Å². The summed E-state index contributed by atoms with van der Waals surface area (Å²) in [6.07, 6.45) is 11.0. The quantitative estimate of drug-likeness (QED) is 0.843. The van der Waals surface area contributed by atoms with Gasteiger partial charge in [-0.15, -0.1) is 0 Å². The third-order valence-electron chi connectivity index (χ3n) is 5.75. The third kappa shape index (κ3) is 4.19. The van der Waals surface area contributed by atoms with Crippen LogP contribution >= 0.6 is 23.2 Å². The van der Waals surface area contributed by atoms with Gasteiger partial charge in [-0.3, -0.25) is 14.9 Å². The van der Waals surface area contributed by atoms with Gasteiger partial charge in [0, 0.05) is 50.0 Å². The number of aliphatic hydroxyl groups excluding tert-OH is 1. The van der Waals surface area contributed by atoms with Crippen LogP contribution in [0.3, 0.4) is 0 Å². The minimum Gasteiger partial charge on any atom is -0.391 e. The summed E-state index contributed by atoms with van der Waals surface area (Å²) in [6.45, 7) is 4.17. The fourth-order valence-corrected chi connectivity index (χ4v) is 4.83. The number of hydrogen-bond acceptors (Lipinski definition) is 6. The van der Waals surface area contributed by atoms with Crippen molar-refractivity contribution in [3.8, 4) is 0 Å². The maximum Gasteiger partial charge on any atom is 0.147 e. The maximum absolute atomic E-state index is 10.5. The maximum atomic E-state index is 10.5. The lowest BCUT2D eigenvalue weighted by atomic mass is 9.71. The van der Waals surface area contributed by atoms with Crippen molar-refractivity contribution < 1.29 is 5.11 Å². The van der Waals surface area contributed by atoms with Crippen molar-refractivity contribution in [1.29, 1.82) is 0 Å². The molecule has 2 aliphatic rings. The first-order valence-electron chi connectivity index (χ1n) is 9.24. The van der Waals surface area contributed by atoms with Crippen LogP contribution in [-0.4, -0.2) is 57.2 Å². The smallest absolute Gasteiger partial charge is 0.147 e. The normalized spacial score (nSPS) is 22.9. The van der Waals surface area contributed by atoms with Crippen LogP contribution in [0.2, 0.25) is 10.0 Å². The zero-order valence-electron chi connectivity index (χ0n) is 15.1. The number of nitrogens with zero attached hydrogens (tertiary/aromatic N) is 5. The number of piperidine rings is 2. The number of rotatable bonds is 3. The average molecular weight is 408 g/mol. The van der Waals surface area contributed by atoms with E-state index in [1.54, 1.807) is 31.0 Å². The molecule has 1 spiro atoms. The van der Waals surface area contributed by atoms with E-state index in [-0.39, 0.29) is 11.5 Å². The van der Waals surface area contributed by atoms with Crippen LogP contribution in [0, 0.1) is 5.41 Å². The molecule has 2 aromatic rings. The van der Waals surface area contributed by atoms with Crippen LogP contribution in [0.4, 0.5) is 5.82 Å². The highest BCUT2D eigenvalue weighted by Gasteiger charge is 2.42. The number of aliphatic hydroxyl groups is 1. The van der Waals surface area contributed by atoms with Crippen molar-refractivity contribution in [2.45, 2.75) is 31.9 Å². The molecule has 0 amide bonds. The minimum absolute atomic E-state index is 0.109. The van der Waals surface area contributed by atoms with E-state index in [0.29, 0.717) is 16.6 Å². The minimum atomic E-state index is -0.337. The summed E-state index contributed by atoms with van der Waals surface area (Å²) in [6, 6.07) is 0. The largest absolute Gasteiger partial charge is 0.391 e. The second-order valence-electron chi connectivity index (χ2n) is 7.66. The number of halogens is 2. The zero-order chi connectivity index (χ0) is 18.9. The highest BCUT2D eigenvalue weighted by molar-refractivity contribution is 6.35. The lowest BCUT2D eigenvalue weighted by Crippen LogP contribution is -2.54. The van der Waals surface area contributed by atoms with Crippen molar-refractivity contribution in [1.82, 2.24) is 19.9 Å². The van der Waals surface area contributed by atoms with Crippen LogP contribution in [0.25, 0.3) is 0 Å². The van der Waals surface area contributed by atoms with Crippen molar-refractivity contribution >= 4 is 29.0 Å². The van der Waals surface area contributed by atoms with Crippen molar-refractivity contribution in [3.63, 3.8) is 0 Å². The molecule has 6 nitrogen and oxygen atoms in total. The van der Waals surface area contributed by atoms with E-state index < -0.39 is 0 Å².